The number of amides is 1. The van der Waals surface area contributed by atoms with Crippen molar-refractivity contribution < 1.29 is 4.79 Å². The summed E-state index contributed by atoms with van der Waals surface area (Å²) < 4.78 is 0. The van der Waals surface area contributed by atoms with Crippen LogP contribution in [0.1, 0.15) is 52.4 Å². The van der Waals surface area contributed by atoms with E-state index in [-0.39, 0.29) is 11.5 Å². The minimum Gasteiger partial charge on any atom is -0.344 e. The third-order valence-corrected chi connectivity index (χ3v) is 4.76. The Hall–Kier alpha value is -0.570. The van der Waals surface area contributed by atoms with E-state index in [1.54, 1.807) is 0 Å². The van der Waals surface area contributed by atoms with E-state index >= 15 is 0 Å². The van der Waals surface area contributed by atoms with Crippen molar-refractivity contribution in [2.24, 2.45) is 11.3 Å². The molecule has 2 rings (SSSR count). The number of nitrogens with zero attached hydrogens (tertiary/aromatic N) is 1. The van der Waals surface area contributed by atoms with Crippen LogP contribution in [-0.4, -0.2) is 37.0 Å². The molecule has 1 N–H and O–H groups in total. The zero-order chi connectivity index (χ0) is 13.2. The standard InChI is InChI=1S/C15H28N2O/c1-15(2)9-6-10-16-13(15)14(18)17(3)11-12-7-4-5-8-12/h12-13,16H,4-11H2,1-3H3. The summed E-state index contributed by atoms with van der Waals surface area (Å²) in [6.45, 7) is 6.36. The van der Waals surface area contributed by atoms with Gasteiger partial charge in [0.05, 0.1) is 6.04 Å². The molecule has 1 aliphatic carbocycles. The number of hydrogen-bond donors (Lipinski definition) is 1. The molecule has 0 aromatic carbocycles. The van der Waals surface area contributed by atoms with Crippen LogP contribution < -0.4 is 5.32 Å². The summed E-state index contributed by atoms with van der Waals surface area (Å²) in [6, 6.07) is 0.0117. The molecule has 1 saturated carbocycles. The van der Waals surface area contributed by atoms with E-state index in [1.165, 1.54) is 32.1 Å². The van der Waals surface area contributed by atoms with Crippen LogP contribution in [0, 0.1) is 11.3 Å². The lowest BCUT2D eigenvalue weighted by Crippen LogP contribution is -2.56. The summed E-state index contributed by atoms with van der Waals surface area (Å²) in [4.78, 5) is 14.5. The molecular formula is C15H28N2O. The minimum absolute atomic E-state index is 0.0117. The number of likely N-dealkylation sites (N-methyl/N-ethyl adjacent to an activating group) is 1. The second kappa shape index (κ2) is 5.60. The molecule has 1 amide bonds. The van der Waals surface area contributed by atoms with Crippen LogP contribution in [0.5, 0.6) is 0 Å². The van der Waals surface area contributed by atoms with Gasteiger partial charge in [0.15, 0.2) is 0 Å². The van der Waals surface area contributed by atoms with Crippen LogP contribution in [0.2, 0.25) is 0 Å². The maximum absolute atomic E-state index is 12.6. The third-order valence-electron chi connectivity index (χ3n) is 4.76. The molecule has 2 fully saturated rings. The van der Waals surface area contributed by atoms with E-state index < -0.39 is 0 Å². The zero-order valence-corrected chi connectivity index (χ0v) is 12.2. The van der Waals surface area contributed by atoms with Crippen molar-refractivity contribution in [3.05, 3.63) is 0 Å². The lowest BCUT2D eigenvalue weighted by atomic mass is 9.77. The Kier molecular flexibility index (Phi) is 4.31. The van der Waals surface area contributed by atoms with Crippen LogP contribution in [0.15, 0.2) is 0 Å². The Morgan fingerprint density at radius 3 is 2.56 bits per heavy atom. The van der Waals surface area contributed by atoms with E-state index in [0.717, 1.165) is 25.4 Å². The van der Waals surface area contributed by atoms with Crippen molar-refractivity contribution in [1.82, 2.24) is 10.2 Å². The fourth-order valence-corrected chi connectivity index (χ4v) is 3.52. The predicted molar refractivity (Wildman–Crippen MR) is 74.4 cm³/mol. The van der Waals surface area contributed by atoms with E-state index in [9.17, 15) is 4.79 Å². The molecule has 1 heterocycles. The van der Waals surface area contributed by atoms with Crippen molar-refractivity contribution in [3.63, 3.8) is 0 Å². The van der Waals surface area contributed by atoms with Gasteiger partial charge in [-0.25, -0.2) is 0 Å². The average molecular weight is 252 g/mol. The summed E-state index contributed by atoms with van der Waals surface area (Å²) in [5.41, 5.74) is 0.0965. The molecule has 3 nitrogen and oxygen atoms in total. The minimum atomic E-state index is 0.0117. The molecule has 0 aromatic heterocycles. The lowest BCUT2D eigenvalue weighted by molar-refractivity contribution is -0.136. The van der Waals surface area contributed by atoms with Crippen molar-refractivity contribution in [1.29, 1.82) is 0 Å². The fraction of sp³-hybridized carbons (Fsp3) is 0.933. The number of hydrogen-bond acceptors (Lipinski definition) is 2. The monoisotopic (exact) mass is 252 g/mol. The summed E-state index contributed by atoms with van der Waals surface area (Å²) in [6.07, 6.45) is 7.63. The molecule has 0 spiro atoms. The van der Waals surface area contributed by atoms with Crippen LogP contribution >= 0.6 is 0 Å². The van der Waals surface area contributed by atoms with Gasteiger partial charge in [0.1, 0.15) is 0 Å². The first-order chi connectivity index (χ1) is 8.50. The van der Waals surface area contributed by atoms with Gasteiger partial charge in [-0.1, -0.05) is 26.7 Å². The van der Waals surface area contributed by atoms with Gasteiger partial charge in [-0.05, 0) is 43.6 Å². The van der Waals surface area contributed by atoms with Crippen LogP contribution in [-0.2, 0) is 4.79 Å². The SMILES string of the molecule is CN(CC1CCCC1)C(=O)C1NCCCC1(C)C. The van der Waals surface area contributed by atoms with Gasteiger partial charge in [-0.2, -0.15) is 0 Å². The normalized spacial score (nSPS) is 28.3. The molecule has 2 aliphatic rings. The van der Waals surface area contributed by atoms with E-state index in [4.69, 9.17) is 0 Å². The van der Waals surface area contributed by atoms with E-state index in [1.807, 2.05) is 11.9 Å². The molecule has 104 valence electrons. The third kappa shape index (κ3) is 3.05. The quantitative estimate of drug-likeness (QED) is 0.836. The maximum atomic E-state index is 12.6. The Labute approximate surface area is 111 Å². The number of piperidine rings is 1. The van der Waals surface area contributed by atoms with E-state index in [2.05, 4.69) is 19.2 Å². The van der Waals surface area contributed by atoms with Crippen LogP contribution in [0.25, 0.3) is 0 Å². The van der Waals surface area contributed by atoms with Gasteiger partial charge in [0.25, 0.3) is 0 Å². The summed E-state index contributed by atoms with van der Waals surface area (Å²) >= 11 is 0. The number of rotatable bonds is 3. The Bertz CT molecular complexity index is 295. The van der Waals surface area contributed by atoms with Gasteiger partial charge in [-0.3, -0.25) is 4.79 Å². The summed E-state index contributed by atoms with van der Waals surface area (Å²) in [5.74, 6) is 1.04. The Balaban J connectivity index is 1.92. The van der Waals surface area contributed by atoms with Gasteiger partial charge < -0.3 is 10.2 Å². The summed E-state index contributed by atoms with van der Waals surface area (Å²) in [7, 11) is 1.98. The van der Waals surface area contributed by atoms with Crippen molar-refractivity contribution in [2.75, 3.05) is 20.1 Å². The number of nitrogens with one attached hydrogen (secondary N) is 1. The molecular weight excluding hydrogens is 224 g/mol. The first-order valence-electron chi connectivity index (χ1n) is 7.49. The van der Waals surface area contributed by atoms with Gasteiger partial charge in [0.2, 0.25) is 5.91 Å². The smallest absolute Gasteiger partial charge is 0.240 e. The van der Waals surface area contributed by atoms with Crippen molar-refractivity contribution in [2.45, 2.75) is 58.4 Å². The predicted octanol–water partition coefficient (Wildman–Crippen LogP) is 2.41. The fourth-order valence-electron chi connectivity index (χ4n) is 3.52. The van der Waals surface area contributed by atoms with E-state index in [0.29, 0.717) is 5.91 Å². The molecule has 1 aliphatic heterocycles. The number of carbonyl (C=O) groups excluding carboxylic acids is 1. The molecule has 1 unspecified atom stereocenters. The topological polar surface area (TPSA) is 32.3 Å². The highest BCUT2D eigenvalue weighted by molar-refractivity contribution is 5.82. The molecule has 1 atom stereocenters. The molecule has 1 saturated heterocycles. The average Bonchev–Trinajstić information content (AvgIpc) is 2.80. The molecule has 18 heavy (non-hydrogen) atoms. The molecule has 0 aromatic rings. The Morgan fingerprint density at radius 1 is 1.28 bits per heavy atom. The van der Waals surface area contributed by atoms with Crippen LogP contribution in [0.4, 0.5) is 0 Å². The summed E-state index contributed by atoms with van der Waals surface area (Å²) in [5, 5.41) is 3.42. The Morgan fingerprint density at radius 2 is 1.94 bits per heavy atom. The molecule has 0 bridgehead atoms. The van der Waals surface area contributed by atoms with Gasteiger partial charge in [0, 0.05) is 13.6 Å². The van der Waals surface area contributed by atoms with Gasteiger partial charge >= 0.3 is 0 Å². The van der Waals surface area contributed by atoms with Crippen LogP contribution in [0.3, 0.4) is 0 Å². The lowest BCUT2D eigenvalue weighted by Gasteiger charge is -2.40. The van der Waals surface area contributed by atoms with Crippen molar-refractivity contribution >= 4 is 5.91 Å². The first kappa shape index (κ1) is 13.9. The first-order valence-corrected chi connectivity index (χ1v) is 7.49. The highest BCUT2D eigenvalue weighted by Crippen LogP contribution is 2.31. The molecule has 0 radical (unpaired) electrons. The van der Waals surface area contributed by atoms with Gasteiger partial charge in [-0.15, -0.1) is 0 Å². The second-order valence-corrected chi connectivity index (χ2v) is 6.85. The zero-order valence-electron chi connectivity index (χ0n) is 12.2. The molecule has 3 heteroatoms. The number of carbonyl (C=O) groups is 1. The largest absolute Gasteiger partial charge is 0.344 e. The highest BCUT2D eigenvalue weighted by atomic mass is 16.2. The van der Waals surface area contributed by atoms with Crippen molar-refractivity contribution in [3.8, 4) is 0 Å². The maximum Gasteiger partial charge on any atom is 0.240 e. The second-order valence-electron chi connectivity index (χ2n) is 6.85. The highest BCUT2D eigenvalue weighted by Gasteiger charge is 2.38.